The molecular weight excluding hydrogens is 298 g/mol. The molecule has 0 fully saturated rings. The van der Waals surface area contributed by atoms with Crippen molar-refractivity contribution < 1.29 is 4.52 Å². The van der Waals surface area contributed by atoms with Gasteiger partial charge in [0.05, 0.1) is 0 Å². The molecule has 6 nitrogen and oxygen atoms in total. The number of anilines is 1. The third-order valence-electron chi connectivity index (χ3n) is 2.27. The van der Waals surface area contributed by atoms with Gasteiger partial charge in [-0.1, -0.05) is 12.1 Å². The fourth-order valence-corrected chi connectivity index (χ4v) is 1.87. The van der Waals surface area contributed by atoms with Crippen LogP contribution in [0.4, 0.5) is 5.82 Å². The van der Waals surface area contributed by atoms with E-state index in [2.05, 4.69) is 41.4 Å². The molecule has 0 unspecified atom stereocenters. The Bertz CT molecular complexity index is 528. The minimum absolute atomic E-state index is 0.629. The Morgan fingerprint density at radius 3 is 2.83 bits per heavy atom. The first kappa shape index (κ1) is 12.9. The average Bonchev–Trinajstić information content (AvgIpc) is 2.74. The van der Waals surface area contributed by atoms with Gasteiger partial charge in [-0.05, 0) is 22.9 Å². The summed E-state index contributed by atoms with van der Waals surface area (Å²) in [6.07, 6.45) is 1.47. The molecular formula is C11H14BrN5O. The standard InChI is InChI=1S/C11H14BrN5O/c1-3-9-15-8(12)6-10(16-9)13-5-4-11-14-7(2)17-18-11/h6H,3-5H2,1-2H3,(H,13,15,16). The smallest absolute Gasteiger partial charge is 0.228 e. The summed E-state index contributed by atoms with van der Waals surface area (Å²) in [7, 11) is 0. The summed E-state index contributed by atoms with van der Waals surface area (Å²) in [5.41, 5.74) is 0. The summed E-state index contributed by atoms with van der Waals surface area (Å²) in [4.78, 5) is 12.7. The first-order chi connectivity index (χ1) is 8.67. The Labute approximate surface area is 113 Å². The minimum atomic E-state index is 0.629. The van der Waals surface area contributed by atoms with E-state index in [0.717, 1.165) is 22.7 Å². The second-order valence-electron chi connectivity index (χ2n) is 3.76. The molecule has 2 aromatic heterocycles. The zero-order chi connectivity index (χ0) is 13.0. The number of hydrogen-bond acceptors (Lipinski definition) is 6. The minimum Gasteiger partial charge on any atom is -0.369 e. The number of hydrogen-bond donors (Lipinski definition) is 1. The predicted molar refractivity (Wildman–Crippen MR) is 70.3 cm³/mol. The number of nitrogens with zero attached hydrogens (tertiary/aromatic N) is 4. The Balaban J connectivity index is 1.91. The highest BCUT2D eigenvalue weighted by Crippen LogP contribution is 2.12. The monoisotopic (exact) mass is 311 g/mol. The van der Waals surface area contributed by atoms with Gasteiger partial charge in [-0.25, -0.2) is 9.97 Å². The molecule has 96 valence electrons. The second-order valence-corrected chi connectivity index (χ2v) is 4.57. The van der Waals surface area contributed by atoms with Crippen LogP contribution in [-0.2, 0) is 12.8 Å². The van der Waals surface area contributed by atoms with Crippen molar-refractivity contribution >= 4 is 21.7 Å². The van der Waals surface area contributed by atoms with E-state index in [1.807, 2.05) is 13.0 Å². The predicted octanol–water partition coefficient (Wildman–Crippen LogP) is 2.15. The fraction of sp³-hybridized carbons (Fsp3) is 0.455. The third kappa shape index (κ3) is 3.49. The molecule has 0 bridgehead atoms. The lowest BCUT2D eigenvalue weighted by Crippen LogP contribution is -2.08. The molecule has 2 rings (SSSR count). The van der Waals surface area contributed by atoms with Crippen molar-refractivity contribution in [3.8, 4) is 0 Å². The van der Waals surface area contributed by atoms with Crippen LogP contribution < -0.4 is 5.32 Å². The summed E-state index contributed by atoms with van der Waals surface area (Å²) in [6.45, 7) is 4.51. The summed E-state index contributed by atoms with van der Waals surface area (Å²) in [5, 5.41) is 6.95. The van der Waals surface area contributed by atoms with Crippen LogP contribution in [-0.4, -0.2) is 26.7 Å². The lowest BCUT2D eigenvalue weighted by atomic mass is 10.4. The van der Waals surface area contributed by atoms with E-state index in [4.69, 9.17) is 4.52 Å². The molecule has 0 amide bonds. The highest BCUT2D eigenvalue weighted by molar-refractivity contribution is 9.10. The fourth-order valence-electron chi connectivity index (χ4n) is 1.45. The molecule has 0 aliphatic heterocycles. The van der Waals surface area contributed by atoms with E-state index in [1.54, 1.807) is 6.92 Å². The molecule has 0 aliphatic rings. The Hall–Kier alpha value is -1.50. The molecule has 1 N–H and O–H groups in total. The zero-order valence-corrected chi connectivity index (χ0v) is 11.9. The quantitative estimate of drug-likeness (QED) is 0.853. The first-order valence-corrected chi connectivity index (χ1v) is 6.53. The number of halogens is 1. The highest BCUT2D eigenvalue weighted by atomic mass is 79.9. The van der Waals surface area contributed by atoms with Gasteiger partial charge in [-0.2, -0.15) is 4.98 Å². The number of aryl methyl sites for hydroxylation is 2. The van der Waals surface area contributed by atoms with E-state index in [1.165, 1.54) is 0 Å². The molecule has 0 saturated carbocycles. The molecule has 0 aromatic carbocycles. The van der Waals surface area contributed by atoms with Gasteiger partial charge in [-0.15, -0.1) is 0 Å². The molecule has 0 aliphatic carbocycles. The van der Waals surface area contributed by atoms with E-state index >= 15 is 0 Å². The molecule has 0 saturated heterocycles. The summed E-state index contributed by atoms with van der Waals surface area (Å²) in [5.74, 6) is 2.89. The normalized spacial score (nSPS) is 10.6. The van der Waals surface area contributed by atoms with Crippen LogP contribution in [0.2, 0.25) is 0 Å². The largest absolute Gasteiger partial charge is 0.369 e. The van der Waals surface area contributed by atoms with Crippen LogP contribution >= 0.6 is 15.9 Å². The van der Waals surface area contributed by atoms with Gasteiger partial charge in [0.15, 0.2) is 5.82 Å². The van der Waals surface area contributed by atoms with E-state index in [-0.39, 0.29) is 0 Å². The maximum Gasteiger partial charge on any atom is 0.228 e. The maximum atomic E-state index is 5.03. The van der Waals surface area contributed by atoms with Crippen LogP contribution in [0.15, 0.2) is 15.2 Å². The van der Waals surface area contributed by atoms with Crippen molar-refractivity contribution in [3.05, 3.63) is 28.2 Å². The number of aromatic nitrogens is 4. The molecule has 7 heteroatoms. The van der Waals surface area contributed by atoms with Gasteiger partial charge in [0.2, 0.25) is 5.89 Å². The van der Waals surface area contributed by atoms with Gasteiger partial charge in [0, 0.05) is 25.5 Å². The van der Waals surface area contributed by atoms with Gasteiger partial charge in [0.1, 0.15) is 16.2 Å². The number of rotatable bonds is 5. The number of nitrogens with one attached hydrogen (secondary N) is 1. The van der Waals surface area contributed by atoms with Gasteiger partial charge in [0.25, 0.3) is 0 Å². The van der Waals surface area contributed by atoms with Gasteiger partial charge < -0.3 is 9.84 Å². The van der Waals surface area contributed by atoms with E-state index in [9.17, 15) is 0 Å². The van der Waals surface area contributed by atoms with E-state index < -0.39 is 0 Å². The summed E-state index contributed by atoms with van der Waals surface area (Å²) >= 11 is 3.36. The lowest BCUT2D eigenvalue weighted by molar-refractivity contribution is 0.377. The van der Waals surface area contributed by atoms with Crippen LogP contribution in [0.1, 0.15) is 24.5 Å². The Morgan fingerprint density at radius 2 is 2.17 bits per heavy atom. The molecule has 0 atom stereocenters. The van der Waals surface area contributed by atoms with Crippen LogP contribution in [0.25, 0.3) is 0 Å². The van der Waals surface area contributed by atoms with Crippen LogP contribution in [0.3, 0.4) is 0 Å². The first-order valence-electron chi connectivity index (χ1n) is 5.74. The topological polar surface area (TPSA) is 76.7 Å². The average molecular weight is 312 g/mol. The molecule has 2 aromatic rings. The molecule has 0 radical (unpaired) electrons. The summed E-state index contributed by atoms with van der Waals surface area (Å²) in [6, 6.07) is 1.85. The van der Waals surface area contributed by atoms with Crippen molar-refractivity contribution in [1.82, 2.24) is 20.1 Å². The van der Waals surface area contributed by atoms with Crippen molar-refractivity contribution in [2.45, 2.75) is 26.7 Å². The third-order valence-corrected chi connectivity index (χ3v) is 2.68. The van der Waals surface area contributed by atoms with Crippen molar-refractivity contribution in [3.63, 3.8) is 0 Å². The van der Waals surface area contributed by atoms with Gasteiger partial charge >= 0.3 is 0 Å². The highest BCUT2D eigenvalue weighted by Gasteiger charge is 2.04. The lowest BCUT2D eigenvalue weighted by Gasteiger charge is -2.05. The van der Waals surface area contributed by atoms with Crippen molar-refractivity contribution in [1.29, 1.82) is 0 Å². The van der Waals surface area contributed by atoms with E-state index in [0.29, 0.717) is 24.7 Å². The van der Waals surface area contributed by atoms with Gasteiger partial charge in [-0.3, -0.25) is 0 Å². The Kier molecular flexibility index (Phi) is 4.24. The summed E-state index contributed by atoms with van der Waals surface area (Å²) < 4.78 is 5.81. The molecule has 2 heterocycles. The second kappa shape index (κ2) is 5.90. The SMILES string of the molecule is CCc1nc(Br)cc(NCCc2nc(C)no2)n1. The van der Waals surface area contributed by atoms with Crippen LogP contribution in [0, 0.1) is 6.92 Å². The van der Waals surface area contributed by atoms with Crippen molar-refractivity contribution in [2.75, 3.05) is 11.9 Å². The van der Waals surface area contributed by atoms with Crippen LogP contribution in [0.5, 0.6) is 0 Å². The zero-order valence-electron chi connectivity index (χ0n) is 10.3. The Morgan fingerprint density at radius 1 is 1.33 bits per heavy atom. The molecule has 0 spiro atoms. The molecule has 18 heavy (non-hydrogen) atoms. The maximum absolute atomic E-state index is 5.03. The van der Waals surface area contributed by atoms with Crippen molar-refractivity contribution in [2.24, 2.45) is 0 Å².